The predicted molar refractivity (Wildman–Crippen MR) is 131 cm³/mol. The Morgan fingerprint density at radius 3 is 2.30 bits per heavy atom. The molecule has 168 valence electrons. The van der Waals surface area contributed by atoms with Crippen LogP contribution in [0.15, 0.2) is 59.5 Å². The lowest BCUT2D eigenvalue weighted by atomic mass is 10.2. The lowest BCUT2D eigenvalue weighted by Gasteiger charge is -2.12. The molecule has 2 aromatic carbocycles. The van der Waals surface area contributed by atoms with Gasteiger partial charge < -0.3 is 9.30 Å². The van der Waals surface area contributed by atoms with Crippen LogP contribution in [0.5, 0.6) is 0 Å². The molecule has 1 saturated heterocycles. The third kappa shape index (κ3) is 4.47. The van der Waals surface area contributed by atoms with Crippen molar-refractivity contribution in [3.63, 3.8) is 0 Å². The van der Waals surface area contributed by atoms with Gasteiger partial charge in [0.15, 0.2) is 0 Å². The highest BCUT2D eigenvalue weighted by atomic mass is 35.5. The van der Waals surface area contributed by atoms with Crippen molar-refractivity contribution in [2.45, 2.75) is 20.8 Å². The van der Waals surface area contributed by atoms with Gasteiger partial charge in [-0.05, 0) is 98.8 Å². The van der Waals surface area contributed by atoms with Crippen LogP contribution in [-0.4, -0.2) is 28.3 Å². The molecule has 0 radical (unpaired) electrons. The SMILES string of the molecule is CCOC(=O)c1ccc(-n2c(C)cc(/C=C3/SC(=O)N(c4ccc(Cl)cc4)C3=O)c2C)cc1. The largest absolute Gasteiger partial charge is 0.462 e. The van der Waals surface area contributed by atoms with Crippen LogP contribution in [0.4, 0.5) is 10.5 Å². The Bertz CT molecular complexity index is 1280. The molecule has 0 N–H and O–H groups in total. The summed E-state index contributed by atoms with van der Waals surface area (Å²) in [6, 6.07) is 15.7. The van der Waals surface area contributed by atoms with Crippen molar-refractivity contribution in [2.24, 2.45) is 0 Å². The first kappa shape index (κ1) is 22.9. The van der Waals surface area contributed by atoms with Crippen LogP contribution in [0, 0.1) is 13.8 Å². The van der Waals surface area contributed by atoms with E-state index in [9.17, 15) is 14.4 Å². The second kappa shape index (κ2) is 9.29. The maximum absolute atomic E-state index is 13.0. The fourth-order valence-electron chi connectivity index (χ4n) is 3.71. The third-order valence-electron chi connectivity index (χ3n) is 5.27. The maximum atomic E-state index is 13.0. The number of carbonyl (C=O) groups is 3. The van der Waals surface area contributed by atoms with E-state index in [1.807, 2.05) is 36.6 Å². The van der Waals surface area contributed by atoms with Gasteiger partial charge in [0.1, 0.15) is 0 Å². The molecular formula is C25H21ClN2O4S. The second-order valence-corrected chi connectivity index (χ2v) is 8.85. The summed E-state index contributed by atoms with van der Waals surface area (Å²) < 4.78 is 7.07. The molecule has 0 bridgehead atoms. The average Bonchev–Trinajstić information content (AvgIpc) is 3.23. The maximum Gasteiger partial charge on any atom is 0.338 e. The fourth-order valence-corrected chi connectivity index (χ4v) is 4.67. The number of rotatable bonds is 5. The molecule has 6 nitrogen and oxygen atoms in total. The molecule has 0 aliphatic carbocycles. The van der Waals surface area contributed by atoms with Crippen molar-refractivity contribution in [2.75, 3.05) is 11.5 Å². The number of anilines is 1. The van der Waals surface area contributed by atoms with Gasteiger partial charge >= 0.3 is 5.97 Å². The highest BCUT2D eigenvalue weighted by molar-refractivity contribution is 8.19. The first-order valence-corrected chi connectivity index (χ1v) is 11.5. The number of carbonyl (C=O) groups excluding carboxylic acids is 3. The van der Waals surface area contributed by atoms with Crippen LogP contribution in [0.3, 0.4) is 0 Å². The normalized spacial score (nSPS) is 14.9. The molecule has 1 aliphatic rings. The molecule has 3 aromatic rings. The summed E-state index contributed by atoms with van der Waals surface area (Å²) in [7, 11) is 0. The molecule has 0 saturated carbocycles. The number of aromatic nitrogens is 1. The van der Waals surface area contributed by atoms with Crippen LogP contribution < -0.4 is 4.90 Å². The van der Waals surface area contributed by atoms with Crippen molar-refractivity contribution in [3.8, 4) is 5.69 Å². The predicted octanol–water partition coefficient (Wildman–Crippen LogP) is 6.17. The van der Waals surface area contributed by atoms with Crippen molar-refractivity contribution >= 4 is 52.2 Å². The number of esters is 1. The number of aryl methyl sites for hydroxylation is 1. The van der Waals surface area contributed by atoms with Crippen molar-refractivity contribution in [3.05, 3.63) is 87.0 Å². The lowest BCUT2D eigenvalue weighted by Crippen LogP contribution is -2.27. The summed E-state index contributed by atoms with van der Waals surface area (Å²) in [6.45, 7) is 6.00. The standard InChI is InChI=1S/C25H21ClN2O4S/c1-4-32-24(30)17-5-9-20(10-6-17)27-15(2)13-18(16(27)3)14-22-23(29)28(25(31)33-22)21-11-7-19(26)8-12-21/h5-14H,4H2,1-3H3/b22-14+. The number of benzene rings is 2. The first-order valence-electron chi connectivity index (χ1n) is 10.3. The highest BCUT2D eigenvalue weighted by Gasteiger charge is 2.36. The van der Waals surface area contributed by atoms with Gasteiger partial charge in [0.25, 0.3) is 11.1 Å². The number of nitrogens with zero attached hydrogens (tertiary/aromatic N) is 2. The smallest absolute Gasteiger partial charge is 0.338 e. The van der Waals surface area contributed by atoms with Gasteiger partial charge in [-0.3, -0.25) is 9.59 Å². The fraction of sp³-hybridized carbons (Fsp3) is 0.160. The topological polar surface area (TPSA) is 68.6 Å². The number of hydrogen-bond donors (Lipinski definition) is 0. The molecule has 4 rings (SSSR count). The van der Waals surface area contributed by atoms with Gasteiger partial charge in [0, 0.05) is 22.1 Å². The Hall–Kier alpha value is -3.29. The van der Waals surface area contributed by atoms with Gasteiger partial charge in [-0.2, -0.15) is 0 Å². The van der Waals surface area contributed by atoms with Gasteiger partial charge in [-0.25, -0.2) is 9.69 Å². The minimum Gasteiger partial charge on any atom is -0.462 e. The van der Waals surface area contributed by atoms with E-state index in [2.05, 4.69) is 0 Å². The van der Waals surface area contributed by atoms with E-state index >= 15 is 0 Å². The van der Waals surface area contributed by atoms with Crippen molar-refractivity contribution < 1.29 is 19.1 Å². The molecule has 0 atom stereocenters. The molecule has 1 aromatic heterocycles. The number of halogens is 1. The van der Waals surface area contributed by atoms with E-state index in [0.717, 1.165) is 39.3 Å². The summed E-state index contributed by atoms with van der Waals surface area (Å²) >= 11 is 6.83. The minimum absolute atomic E-state index is 0.323. The number of thioether (sulfide) groups is 1. The molecule has 0 unspecified atom stereocenters. The number of hydrogen-bond acceptors (Lipinski definition) is 5. The Kier molecular flexibility index (Phi) is 6.44. The highest BCUT2D eigenvalue weighted by Crippen LogP contribution is 2.37. The molecule has 2 heterocycles. The summed E-state index contributed by atoms with van der Waals surface area (Å²) in [5.41, 5.74) is 4.56. The molecule has 2 amide bonds. The Labute approximate surface area is 200 Å². The molecular weight excluding hydrogens is 460 g/mol. The number of ether oxygens (including phenoxy) is 1. The van der Waals surface area contributed by atoms with Crippen LogP contribution in [0.2, 0.25) is 5.02 Å². The Morgan fingerprint density at radius 1 is 1.03 bits per heavy atom. The Balaban J connectivity index is 1.63. The summed E-state index contributed by atoms with van der Waals surface area (Å²) in [5.74, 6) is -0.724. The molecule has 33 heavy (non-hydrogen) atoms. The quantitative estimate of drug-likeness (QED) is 0.323. The zero-order valence-electron chi connectivity index (χ0n) is 18.3. The molecule has 8 heteroatoms. The van der Waals surface area contributed by atoms with Gasteiger partial charge in [-0.1, -0.05) is 11.6 Å². The van der Waals surface area contributed by atoms with Crippen molar-refractivity contribution in [1.29, 1.82) is 0 Å². The van der Waals surface area contributed by atoms with E-state index in [1.165, 1.54) is 0 Å². The summed E-state index contributed by atoms with van der Waals surface area (Å²) in [6.07, 6.45) is 1.74. The van der Waals surface area contributed by atoms with E-state index in [4.69, 9.17) is 16.3 Å². The van der Waals surface area contributed by atoms with Crippen LogP contribution >= 0.6 is 23.4 Å². The first-order chi connectivity index (χ1) is 15.8. The number of imide groups is 1. The molecule has 0 spiro atoms. The second-order valence-electron chi connectivity index (χ2n) is 7.42. The van der Waals surface area contributed by atoms with E-state index in [0.29, 0.717) is 27.8 Å². The molecule has 1 aliphatic heterocycles. The minimum atomic E-state index is -0.365. The van der Waals surface area contributed by atoms with Gasteiger partial charge in [0.2, 0.25) is 0 Å². The zero-order valence-corrected chi connectivity index (χ0v) is 19.9. The van der Waals surface area contributed by atoms with Gasteiger partial charge in [-0.15, -0.1) is 0 Å². The van der Waals surface area contributed by atoms with Crippen LogP contribution in [-0.2, 0) is 9.53 Å². The molecule has 1 fully saturated rings. The van der Waals surface area contributed by atoms with E-state index in [1.54, 1.807) is 49.4 Å². The zero-order chi connectivity index (χ0) is 23.7. The monoisotopic (exact) mass is 480 g/mol. The average molecular weight is 481 g/mol. The van der Waals surface area contributed by atoms with Crippen molar-refractivity contribution in [1.82, 2.24) is 4.57 Å². The van der Waals surface area contributed by atoms with Crippen LogP contribution in [0.25, 0.3) is 11.8 Å². The summed E-state index contributed by atoms with van der Waals surface area (Å²) in [4.78, 5) is 38.9. The summed E-state index contributed by atoms with van der Waals surface area (Å²) in [5, 5.41) is 0.181. The van der Waals surface area contributed by atoms with Crippen LogP contribution in [0.1, 0.15) is 34.2 Å². The number of amides is 2. The van der Waals surface area contributed by atoms with E-state index < -0.39 is 0 Å². The third-order valence-corrected chi connectivity index (χ3v) is 6.39. The Morgan fingerprint density at radius 2 is 1.67 bits per heavy atom. The lowest BCUT2D eigenvalue weighted by molar-refractivity contribution is -0.113. The van der Waals surface area contributed by atoms with E-state index in [-0.39, 0.29) is 17.1 Å². The van der Waals surface area contributed by atoms with Gasteiger partial charge in [0.05, 0.1) is 22.8 Å².